The van der Waals surface area contributed by atoms with Crippen LogP contribution < -0.4 is 20.7 Å². The third-order valence-corrected chi connectivity index (χ3v) is 4.32. The summed E-state index contributed by atoms with van der Waals surface area (Å²) in [6.45, 7) is 2.93. The highest BCUT2D eigenvalue weighted by Crippen LogP contribution is 2.14. The molecule has 0 bridgehead atoms. The summed E-state index contributed by atoms with van der Waals surface area (Å²) in [5.74, 6) is 0.867. The molecule has 9 heteroatoms. The SMILES string of the molecule is CN=C(NCc1cccc(NC(=O)c2ccco2)c1)NCC(C)Oc1ccc(F)cc1.I. The van der Waals surface area contributed by atoms with E-state index in [2.05, 4.69) is 20.9 Å². The number of halogens is 2. The van der Waals surface area contributed by atoms with E-state index in [0.29, 0.717) is 30.5 Å². The van der Waals surface area contributed by atoms with Gasteiger partial charge in [0, 0.05) is 19.3 Å². The summed E-state index contributed by atoms with van der Waals surface area (Å²) in [5.41, 5.74) is 1.64. The average molecular weight is 552 g/mol. The number of nitrogens with one attached hydrogen (secondary N) is 3. The Kier molecular flexibility index (Phi) is 9.99. The molecular weight excluding hydrogens is 526 g/mol. The summed E-state index contributed by atoms with van der Waals surface area (Å²) in [4.78, 5) is 16.3. The second kappa shape index (κ2) is 12.7. The first-order valence-electron chi connectivity index (χ1n) is 9.84. The van der Waals surface area contributed by atoms with E-state index in [-0.39, 0.29) is 47.6 Å². The first-order chi connectivity index (χ1) is 15.0. The van der Waals surface area contributed by atoms with Crippen LogP contribution in [0.2, 0.25) is 0 Å². The van der Waals surface area contributed by atoms with Crippen LogP contribution in [0.5, 0.6) is 5.75 Å². The van der Waals surface area contributed by atoms with Gasteiger partial charge in [-0.3, -0.25) is 9.79 Å². The molecule has 1 heterocycles. The van der Waals surface area contributed by atoms with Crippen molar-refractivity contribution in [2.75, 3.05) is 18.9 Å². The molecule has 0 saturated heterocycles. The van der Waals surface area contributed by atoms with Gasteiger partial charge in [0.05, 0.1) is 12.8 Å². The zero-order chi connectivity index (χ0) is 22.1. The summed E-state index contributed by atoms with van der Waals surface area (Å²) >= 11 is 0. The van der Waals surface area contributed by atoms with Gasteiger partial charge in [-0.2, -0.15) is 0 Å². The van der Waals surface area contributed by atoms with Gasteiger partial charge >= 0.3 is 0 Å². The molecule has 1 amide bonds. The van der Waals surface area contributed by atoms with Crippen LogP contribution >= 0.6 is 24.0 Å². The number of ether oxygens (including phenoxy) is 1. The van der Waals surface area contributed by atoms with Crippen molar-refractivity contribution < 1.29 is 18.3 Å². The van der Waals surface area contributed by atoms with Crippen LogP contribution in [0, 0.1) is 5.82 Å². The predicted octanol–water partition coefficient (Wildman–Crippen LogP) is 4.42. The summed E-state index contributed by atoms with van der Waals surface area (Å²) in [6.07, 6.45) is 1.31. The highest BCUT2D eigenvalue weighted by Gasteiger charge is 2.09. The van der Waals surface area contributed by atoms with Gasteiger partial charge in [0.1, 0.15) is 17.7 Å². The molecule has 1 atom stereocenters. The fourth-order valence-electron chi connectivity index (χ4n) is 2.79. The topological polar surface area (TPSA) is 87.9 Å². The molecule has 7 nitrogen and oxygen atoms in total. The van der Waals surface area contributed by atoms with Crippen LogP contribution in [0.3, 0.4) is 0 Å². The number of anilines is 1. The highest BCUT2D eigenvalue weighted by atomic mass is 127. The van der Waals surface area contributed by atoms with E-state index in [1.54, 1.807) is 31.3 Å². The molecule has 0 aliphatic carbocycles. The molecule has 1 unspecified atom stereocenters. The Hall–Kier alpha value is -3.08. The van der Waals surface area contributed by atoms with Crippen LogP contribution in [-0.2, 0) is 6.54 Å². The molecule has 32 heavy (non-hydrogen) atoms. The molecule has 0 radical (unpaired) electrons. The van der Waals surface area contributed by atoms with Gasteiger partial charge < -0.3 is 25.1 Å². The first kappa shape index (κ1) is 25.2. The number of hydrogen-bond donors (Lipinski definition) is 3. The summed E-state index contributed by atoms with van der Waals surface area (Å²) in [7, 11) is 1.68. The van der Waals surface area contributed by atoms with Crippen molar-refractivity contribution in [3.05, 3.63) is 84.1 Å². The third kappa shape index (κ3) is 7.88. The molecule has 0 saturated carbocycles. The Morgan fingerprint density at radius 1 is 1.12 bits per heavy atom. The minimum Gasteiger partial charge on any atom is -0.489 e. The molecule has 0 spiro atoms. The van der Waals surface area contributed by atoms with Crippen molar-refractivity contribution in [3.63, 3.8) is 0 Å². The van der Waals surface area contributed by atoms with Crippen molar-refractivity contribution in [2.24, 2.45) is 4.99 Å². The summed E-state index contributed by atoms with van der Waals surface area (Å²) < 4.78 is 23.8. The van der Waals surface area contributed by atoms with Crippen molar-refractivity contribution in [1.29, 1.82) is 0 Å². The van der Waals surface area contributed by atoms with E-state index in [1.807, 2.05) is 31.2 Å². The van der Waals surface area contributed by atoms with Gasteiger partial charge in [-0.1, -0.05) is 12.1 Å². The van der Waals surface area contributed by atoms with Crippen molar-refractivity contribution in [2.45, 2.75) is 19.6 Å². The molecule has 3 N–H and O–H groups in total. The zero-order valence-electron chi connectivity index (χ0n) is 17.8. The first-order valence-corrected chi connectivity index (χ1v) is 9.84. The molecule has 170 valence electrons. The second-order valence-electron chi connectivity index (χ2n) is 6.82. The molecule has 0 aliphatic heterocycles. The molecule has 0 aliphatic rings. The van der Waals surface area contributed by atoms with Crippen LogP contribution in [0.25, 0.3) is 0 Å². The zero-order valence-corrected chi connectivity index (χ0v) is 20.1. The highest BCUT2D eigenvalue weighted by molar-refractivity contribution is 14.0. The van der Waals surface area contributed by atoms with E-state index < -0.39 is 0 Å². The maximum absolute atomic E-state index is 13.0. The Balaban J connectivity index is 0.00000363. The molecule has 3 rings (SSSR count). The standard InChI is InChI=1S/C23H25FN4O3.HI/c1-16(31-20-10-8-18(24)9-11-20)14-26-23(25-2)27-15-17-5-3-6-19(13-17)28-22(29)21-7-4-12-30-21;/h3-13,16H,14-15H2,1-2H3,(H,28,29)(H2,25,26,27);1H. The van der Waals surface area contributed by atoms with Gasteiger partial charge in [0.2, 0.25) is 0 Å². The average Bonchev–Trinajstić information content (AvgIpc) is 3.31. The molecule has 1 aromatic heterocycles. The molecule has 0 fully saturated rings. The minimum atomic E-state index is -0.303. The Morgan fingerprint density at radius 3 is 2.59 bits per heavy atom. The van der Waals surface area contributed by atoms with Crippen LogP contribution in [-0.4, -0.2) is 31.6 Å². The van der Waals surface area contributed by atoms with E-state index >= 15 is 0 Å². The van der Waals surface area contributed by atoms with E-state index in [9.17, 15) is 9.18 Å². The lowest BCUT2D eigenvalue weighted by atomic mass is 10.2. The summed E-state index contributed by atoms with van der Waals surface area (Å²) in [5, 5.41) is 9.22. The van der Waals surface area contributed by atoms with Gasteiger partial charge in [-0.25, -0.2) is 4.39 Å². The lowest BCUT2D eigenvalue weighted by Gasteiger charge is -2.18. The normalized spacial score (nSPS) is 11.8. The van der Waals surface area contributed by atoms with Crippen molar-refractivity contribution >= 4 is 41.5 Å². The molecule has 2 aromatic carbocycles. The third-order valence-electron chi connectivity index (χ3n) is 4.32. The molecular formula is C23H26FIN4O3. The van der Waals surface area contributed by atoms with Crippen LogP contribution in [0.4, 0.5) is 10.1 Å². The smallest absolute Gasteiger partial charge is 0.291 e. The summed E-state index contributed by atoms with van der Waals surface area (Å²) in [6, 6.07) is 16.7. The van der Waals surface area contributed by atoms with Crippen LogP contribution in [0.15, 0.2) is 76.3 Å². The number of carbonyl (C=O) groups excluding carboxylic acids is 1. The monoisotopic (exact) mass is 552 g/mol. The number of carbonyl (C=O) groups is 1. The van der Waals surface area contributed by atoms with E-state index in [0.717, 1.165) is 5.56 Å². The number of rotatable bonds is 8. The number of amides is 1. The van der Waals surface area contributed by atoms with Gasteiger partial charge in [0.25, 0.3) is 5.91 Å². The largest absolute Gasteiger partial charge is 0.489 e. The lowest BCUT2D eigenvalue weighted by molar-refractivity contribution is 0.0996. The van der Waals surface area contributed by atoms with Gasteiger partial charge in [-0.05, 0) is 61.0 Å². The van der Waals surface area contributed by atoms with Crippen LogP contribution in [0.1, 0.15) is 23.0 Å². The number of benzene rings is 2. The van der Waals surface area contributed by atoms with Crippen molar-refractivity contribution in [1.82, 2.24) is 10.6 Å². The number of furan rings is 1. The Labute approximate surface area is 203 Å². The van der Waals surface area contributed by atoms with Crippen molar-refractivity contribution in [3.8, 4) is 5.75 Å². The van der Waals surface area contributed by atoms with Gasteiger partial charge in [-0.15, -0.1) is 24.0 Å². The minimum absolute atomic E-state index is 0. The lowest BCUT2D eigenvalue weighted by Crippen LogP contribution is -2.41. The maximum Gasteiger partial charge on any atom is 0.291 e. The second-order valence-corrected chi connectivity index (χ2v) is 6.82. The Morgan fingerprint density at radius 2 is 1.91 bits per heavy atom. The molecule has 3 aromatic rings. The van der Waals surface area contributed by atoms with E-state index in [4.69, 9.17) is 9.15 Å². The fraction of sp³-hybridized carbons (Fsp3) is 0.217. The number of hydrogen-bond acceptors (Lipinski definition) is 4. The maximum atomic E-state index is 13.0. The number of guanidine groups is 1. The predicted molar refractivity (Wildman–Crippen MR) is 133 cm³/mol. The van der Waals surface area contributed by atoms with Gasteiger partial charge in [0.15, 0.2) is 11.7 Å². The fourth-order valence-corrected chi connectivity index (χ4v) is 2.79. The quantitative estimate of drug-likeness (QED) is 0.219. The number of aliphatic imine (C=N–C) groups is 1. The van der Waals surface area contributed by atoms with E-state index in [1.165, 1.54) is 18.4 Å². The Bertz CT molecular complexity index is 1010. The number of nitrogens with zero attached hydrogens (tertiary/aromatic N) is 1.